The molecule has 1 N–H and O–H groups in total. The monoisotopic (exact) mass is 332 g/mol. The molecule has 7 heteroatoms. The molecule has 126 valence electrons. The van der Waals surface area contributed by atoms with E-state index in [-0.39, 0.29) is 0 Å². The van der Waals surface area contributed by atoms with Crippen LogP contribution in [0.5, 0.6) is 0 Å². The summed E-state index contributed by atoms with van der Waals surface area (Å²) in [5.41, 5.74) is 0.712. The normalized spacial score (nSPS) is 15.3. The smallest absolute Gasteiger partial charge is 0.322 e. The highest BCUT2D eigenvalue weighted by Gasteiger charge is 2.22. The summed E-state index contributed by atoms with van der Waals surface area (Å²) in [6, 6.07) is 6.90. The van der Waals surface area contributed by atoms with E-state index in [0.717, 1.165) is 24.2 Å². The molecule has 0 spiro atoms. The van der Waals surface area contributed by atoms with E-state index in [0.29, 0.717) is 26.2 Å². The molecule has 1 aliphatic heterocycles. The lowest BCUT2D eigenvalue weighted by atomic mass is 10.2. The number of benzene rings is 1. The van der Waals surface area contributed by atoms with E-state index in [1.165, 1.54) is 6.07 Å². The Kier molecular flexibility index (Phi) is 5.00. The van der Waals surface area contributed by atoms with Crippen LogP contribution in [0.15, 0.2) is 42.7 Å². The first-order valence-electron chi connectivity index (χ1n) is 7.74. The van der Waals surface area contributed by atoms with Crippen molar-refractivity contribution in [3.8, 4) is 0 Å². The van der Waals surface area contributed by atoms with Crippen molar-refractivity contribution in [3.05, 3.63) is 59.9 Å². The number of carbonyl (C=O) groups is 1. The number of carbonyl (C=O) groups excluding carboxylic acids is 1. The number of rotatable bonds is 3. The molecule has 3 rings (SSSR count). The summed E-state index contributed by atoms with van der Waals surface area (Å²) in [5.74, 6) is -1.56. The number of urea groups is 1. The lowest BCUT2D eigenvalue weighted by Crippen LogP contribution is -2.49. The Morgan fingerprint density at radius 1 is 1.08 bits per heavy atom. The van der Waals surface area contributed by atoms with Crippen LogP contribution in [-0.2, 0) is 6.54 Å². The second-order valence-corrected chi connectivity index (χ2v) is 5.65. The Hall–Kier alpha value is -2.54. The first kappa shape index (κ1) is 16.3. The van der Waals surface area contributed by atoms with E-state index in [1.54, 1.807) is 11.1 Å². The number of amides is 2. The van der Waals surface area contributed by atoms with Crippen LogP contribution in [0.1, 0.15) is 5.56 Å². The Morgan fingerprint density at radius 3 is 2.42 bits per heavy atom. The molecule has 1 fully saturated rings. The van der Waals surface area contributed by atoms with E-state index < -0.39 is 23.4 Å². The number of piperazine rings is 1. The third-order valence-corrected chi connectivity index (χ3v) is 3.98. The van der Waals surface area contributed by atoms with Gasteiger partial charge in [0.2, 0.25) is 0 Å². The third kappa shape index (κ3) is 3.86. The minimum Gasteiger partial charge on any atom is -0.322 e. The van der Waals surface area contributed by atoms with E-state index in [9.17, 15) is 13.6 Å². The average Bonchev–Trinajstić information content (AvgIpc) is 2.60. The quantitative estimate of drug-likeness (QED) is 0.940. The molecule has 24 heavy (non-hydrogen) atoms. The van der Waals surface area contributed by atoms with Gasteiger partial charge in [-0.3, -0.25) is 9.88 Å². The molecule has 0 radical (unpaired) electrons. The summed E-state index contributed by atoms with van der Waals surface area (Å²) in [7, 11) is 0. The third-order valence-electron chi connectivity index (χ3n) is 3.98. The second kappa shape index (κ2) is 7.35. The highest BCUT2D eigenvalue weighted by molar-refractivity contribution is 5.89. The summed E-state index contributed by atoms with van der Waals surface area (Å²) in [5, 5.41) is 2.32. The highest BCUT2D eigenvalue weighted by atomic mass is 19.1. The largest absolute Gasteiger partial charge is 0.322 e. The molecule has 2 heterocycles. The van der Waals surface area contributed by atoms with Gasteiger partial charge in [-0.15, -0.1) is 0 Å². The summed E-state index contributed by atoms with van der Waals surface area (Å²) in [6.07, 6.45) is 3.55. The van der Waals surface area contributed by atoms with Crippen molar-refractivity contribution in [2.75, 3.05) is 31.5 Å². The predicted octanol–water partition coefficient (Wildman–Crippen LogP) is 2.71. The molecule has 1 aromatic heterocycles. The van der Waals surface area contributed by atoms with Crippen LogP contribution in [0.2, 0.25) is 0 Å². The van der Waals surface area contributed by atoms with Crippen LogP contribution >= 0.6 is 0 Å². The summed E-state index contributed by atoms with van der Waals surface area (Å²) in [4.78, 5) is 20.0. The molecular weight excluding hydrogens is 314 g/mol. The zero-order chi connectivity index (χ0) is 16.9. The van der Waals surface area contributed by atoms with E-state index >= 15 is 0 Å². The van der Waals surface area contributed by atoms with Crippen LogP contribution in [0.3, 0.4) is 0 Å². The van der Waals surface area contributed by atoms with Crippen molar-refractivity contribution in [1.82, 2.24) is 14.8 Å². The van der Waals surface area contributed by atoms with Crippen LogP contribution < -0.4 is 5.32 Å². The molecule has 1 aliphatic rings. The highest BCUT2D eigenvalue weighted by Crippen LogP contribution is 2.19. The van der Waals surface area contributed by atoms with Gasteiger partial charge in [0.1, 0.15) is 17.3 Å². The molecule has 0 unspecified atom stereocenters. The van der Waals surface area contributed by atoms with Gasteiger partial charge in [0.15, 0.2) is 0 Å². The lowest BCUT2D eigenvalue weighted by molar-refractivity contribution is 0.143. The zero-order valence-corrected chi connectivity index (χ0v) is 13.1. The number of hydrogen-bond donors (Lipinski definition) is 1. The maximum absolute atomic E-state index is 13.6. The van der Waals surface area contributed by atoms with Crippen LogP contribution in [0, 0.1) is 11.6 Å². The average molecular weight is 332 g/mol. The van der Waals surface area contributed by atoms with Gasteiger partial charge in [-0.2, -0.15) is 0 Å². The van der Waals surface area contributed by atoms with Crippen molar-refractivity contribution in [2.45, 2.75) is 6.54 Å². The minimum absolute atomic E-state index is 0.403. The SMILES string of the molecule is O=C(Nc1c(F)cccc1F)N1CCN(Cc2cccnc2)CC1. The Morgan fingerprint density at radius 2 is 1.79 bits per heavy atom. The number of hydrogen-bond acceptors (Lipinski definition) is 3. The maximum Gasteiger partial charge on any atom is 0.322 e. The standard InChI is InChI=1S/C17H18F2N4O/c18-14-4-1-5-15(19)16(14)21-17(24)23-9-7-22(8-10-23)12-13-3-2-6-20-11-13/h1-6,11H,7-10,12H2,(H,21,24). The molecule has 1 saturated heterocycles. The van der Waals surface area contributed by atoms with Crippen molar-refractivity contribution in [3.63, 3.8) is 0 Å². The first-order chi connectivity index (χ1) is 11.6. The molecular formula is C17H18F2N4O. The second-order valence-electron chi connectivity index (χ2n) is 5.65. The van der Waals surface area contributed by atoms with Crippen molar-refractivity contribution in [2.24, 2.45) is 0 Å². The fourth-order valence-corrected chi connectivity index (χ4v) is 2.66. The summed E-state index contributed by atoms with van der Waals surface area (Å²) < 4.78 is 27.2. The number of pyridine rings is 1. The summed E-state index contributed by atoms with van der Waals surface area (Å²) >= 11 is 0. The van der Waals surface area contributed by atoms with Crippen LogP contribution in [-0.4, -0.2) is 47.0 Å². The topological polar surface area (TPSA) is 48.5 Å². The molecule has 0 bridgehead atoms. The van der Waals surface area contributed by atoms with Crippen molar-refractivity contribution < 1.29 is 13.6 Å². The molecule has 0 saturated carbocycles. The maximum atomic E-state index is 13.6. The van der Waals surface area contributed by atoms with Gasteiger partial charge in [0.25, 0.3) is 0 Å². The lowest BCUT2D eigenvalue weighted by Gasteiger charge is -2.34. The van der Waals surface area contributed by atoms with Crippen molar-refractivity contribution >= 4 is 11.7 Å². The molecule has 1 aromatic carbocycles. The fourth-order valence-electron chi connectivity index (χ4n) is 2.66. The van der Waals surface area contributed by atoms with Gasteiger partial charge >= 0.3 is 6.03 Å². The minimum atomic E-state index is -0.779. The van der Waals surface area contributed by atoms with Gasteiger partial charge < -0.3 is 10.2 Å². The van der Waals surface area contributed by atoms with Crippen LogP contribution in [0.4, 0.5) is 19.3 Å². The number of halogens is 2. The number of para-hydroxylation sites is 1. The van der Waals surface area contributed by atoms with Gasteiger partial charge in [-0.1, -0.05) is 12.1 Å². The Bertz CT molecular complexity index is 683. The molecule has 2 amide bonds. The van der Waals surface area contributed by atoms with Gasteiger partial charge in [-0.25, -0.2) is 13.6 Å². The fraction of sp³-hybridized carbons (Fsp3) is 0.294. The van der Waals surface area contributed by atoms with Gasteiger partial charge in [0, 0.05) is 45.1 Å². The first-order valence-corrected chi connectivity index (χ1v) is 7.74. The Labute approximate surface area is 138 Å². The number of anilines is 1. The van der Waals surface area contributed by atoms with E-state index in [1.807, 2.05) is 18.3 Å². The van der Waals surface area contributed by atoms with Gasteiger partial charge in [-0.05, 0) is 23.8 Å². The summed E-state index contributed by atoms with van der Waals surface area (Å²) in [6.45, 7) is 3.17. The van der Waals surface area contributed by atoms with Crippen molar-refractivity contribution in [1.29, 1.82) is 0 Å². The molecule has 2 aromatic rings. The van der Waals surface area contributed by atoms with E-state index in [4.69, 9.17) is 0 Å². The number of nitrogens with zero attached hydrogens (tertiary/aromatic N) is 3. The number of nitrogens with one attached hydrogen (secondary N) is 1. The molecule has 0 atom stereocenters. The van der Waals surface area contributed by atoms with E-state index in [2.05, 4.69) is 15.2 Å². The van der Waals surface area contributed by atoms with Gasteiger partial charge in [0.05, 0.1) is 0 Å². The Balaban J connectivity index is 1.54. The molecule has 0 aliphatic carbocycles. The molecule has 5 nitrogen and oxygen atoms in total. The predicted molar refractivity (Wildman–Crippen MR) is 86.5 cm³/mol. The number of aromatic nitrogens is 1. The van der Waals surface area contributed by atoms with Crippen LogP contribution in [0.25, 0.3) is 0 Å². The zero-order valence-electron chi connectivity index (χ0n) is 13.1.